The Morgan fingerprint density at radius 2 is 2.12 bits per heavy atom. The second kappa shape index (κ2) is 6.28. The average molecular weight is 356 g/mol. The molecule has 1 aliphatic rings. The van der Waals surface area contributed by atoms with Crippen molar-refractivity contribution in [3.05, 3.63) is 40.4 Å². The predicted molar refractivity (Wildman–Crippen MR) is 93.5 cm³/mol. The summed E-state index contributed by atoms with van der Waals surface area (Å²) < 4.78 is 7.54. The van der Waals surface area contributed by atoms with E-state index in [0.29, 0.717) is 47.5 Å². The molecule has 2 heterocycles. The van der Waals surface area contributed by atoms with Gasteiger partial charge in [-0.2, -0.15) is 5.10 Å². The quantitative estimate of drug-likeness (QED) is 0.274. The minimum atomic E-state index is -0.482. The lowest BCUT2D eigenvalue weighted by atomic mass is 10.0. The highest BCUT2D eigenvalue weighted by Gasteiger charge is 2.31. The molecule has 1 aromatic heterocycles. The molecule has 0 fully saturated rings. The molecule has 0 bridgehead atoms. The first-order valence-electron chi connectivity index (χ1n) is 8.11. The molecule has 0 saturated carbocycles. The molecule has 3 aromatic rings. The van der Waals surface area contributed by atoms with Crippen molar-refractivity contribution < 1.29 is 19.9 Å². The van der Waals surface area contributed by atoms with E-state index in [1.807, 2.05) is 0 Å². The lowest BCUT2D eigenvalue weighted by molar-refractivity contribution is -0.385. The van der Waals surface area contributed by atoms with Crippen LogP contribution in [-0.2, 0) is 6.54 Å². The Labute approximate surface area is 147 Å². The summed E-state index contributed by atoms with van der Waals surface area (Å²) in [4.78, 5) is 10.9. The minimum absolute atomic E-state index is 0.0436. The first-order valence-corrected chi connectivity index (χ1v) is 8.11. The van der Waals surface area contributed by atoms with Gasteiger partial charge in [-0.1, -0.05) is 0 Å². The van der Waals surface area contributed by atoms with E-state index in [1.165, 1.54) is 18.2 Å². The third-order valence-electron chi connectivity index (χ3n) is 4.27. The van der Waals surface area contributed by atoms with Gasteiger partial charge in [0.1, 0.15) is 17.2 Å². The molecule has 3 N–H and O–H groups in total. The maximum Gasteiger partial charge on any atom is 0.312 e. The Hall–Kier alpha value is -3.17. The van der Waals surface area contributed by atoms with Gasteiger partial charge in [-0.3, -0.25) is 14.8 Å². The van der Waals surface area contributed by atoms with E-state index in [4.69, 9.17) is 9.84 Å². The standard InChI is InChI=1S/C17H16N4O5/c22-8-6-18-5-7-20-12-2-3-13(21(24)25)17-15(12)16(19-20)11-9-10(23)1-4-14(11)26-17/h1-4,9,18,22-23H,5-8H2. The highest BCUT2D eigenvalue weighted by molar-refractivity contribution is 6.03. The SMILES string of the molecule is O=[N+]([O-])c1ccc2c3c(nn2CCNCCO)-c2cc(O)ccc2Oc13. The van der Waals surface area contributed by atoms with Crippen LogP contribution in [0.5, 0.6) is 17.2 Å². The molecule has 26 heavy (non-hydrogen) atoms. The van der Waals surface area contributed by atoms with Crippen molar-refractivity contribution in [1.82, 2.24) is 15.1 Å². The number of fused-ring (bicyclic) bond motifs is 2. The maximum absolute atomic E-state index is 11.4. The Kier molecular flexibility index (Phi) is 3.94. The number of aromatic nitrogens is 2. The van der Waals surface area contributed by atoms with Crippen molar-refractivity contribution in [3.8, 4) is 28.5 Å². The van der Waals surface area contributed by atoms with Gasteiger partial charge in [-0.15, -0.1) is 0 Å². The van der Waals surface area contributed by atoms with E-state index in [2.05, 4.69) is 10.4 Å². The first kappa shape index (κ1) is 16.3. The van der Waals surface area contributed by atoms with Crippen LogP contribution in [0.4, 0.5) is 5.69 Å². The summed E-state index contributed by atoms with van der Waals surface area (Å²) in [6, 6.07) is 7.62. The van der Waals surface area contributed by atoms with Crippen molar-refractivity contribution in [2.45, 2.75) is 6.54 Å². The van der Waals surface area contributed by atoms with Gasteiger partial charge in [-0.05, 0) is 24.3 Å². The van der Waals surface area contributed by atoms with Crippen molar-refractivity contribution in [2.75, 3.05) is 19.7 Å². The third-order valence-corrected chi connectivity index (χ3v) is 4.27. The van der Waals surface area contributed by atoms with E-state index < -0.39 is 4.92 Å². The van der Waals surface area contributed by atoms with E-state index in [-0.39, 0.29) is 23.8 Å². The molecule has 0 atom stereocenters. The highest BCUT2D eigenvalue weighted by atomic mass is 16.6. The van der Waals surface area contributed by atoms with Crippen LogP contribution in [-0.4, -0.2) is 44.6 Å². The van der Waals surface area contributed by atoms with Crippen LogP contribution >= 0.6 is 0 Å². The number of hydrogen-bond acceptors (Lipinski definition) is 7. The fourth-order valence-corrected chi connectivity index (χ4v) is 3.13. The Morgan fingerprint density at radius 1 is 1.27 bits per heavy atom. The summed E-state index contributed by atoms with van der Waals surface area (Å²) in [6.07, 6.45) is 0. The number of hydrogen-bond donors (Lipinski definition) is 3. The fourth-order valence-electron chi connectivity index (χ4n) is 3.13. The van der Waals surface area contributed by atoms with Crippen LogP contribution in [0, 0.1) is 10.1 Å². The van der Waals surface area contributed by atoms with E-state index in [1.54, 1.807) is 16.8 Å². The molecular formula is C17H16N4O5. The van der Waals surface area contributed by atoms with Crippen molar-refractivity contribution >= 4 is 16.6 Å². The van der Waals surface area contributed by atoms with Crippen LogP contribution < -0.4 is 10.1 Å². The molecule has 2 aromatic carbocycles. The van der Waals surface area contributed by atoms with Gasteiger partial charge in [0.25, 0.3) is 0 Å². The molecule has 0 radical (unpaired) electrons. The largest absolute Gasteiger partial charge is 0.508 e. The van der Waals surface area contributed by atoms with Gasteiger partial charge in [0, 0.05) is 24.7 Å². The van der Waals surface area contributed by atoms with E-state index in [0.717, 1.165) is 0 Å². The molecule has 0 amide bonds. The smallest absolute Gasteiger partial charge is 0.312 e. The normalized spacial score (nSPS) is 12.0. The van der Waals surface area contributed by atoms with Crippen LogP contribution in [0.15, 0.2) is 30.3 Å². The Bertz CT molecular complexity index is 1010. The van der Waals surface area contributed by atoms with Crippen molar-refractivity contribution in [1.29, 1.82) is 0 Å². The van der Waals surface area contributed by atoms with Gasteiger partial charge in [0.2, 0.25) is 5.75 Å². The second-order valence-electron chi connectivity index (χ2n) is 5.89. The lowest BCUT2D eigenvalue weighted by Gasteiger charge is -2.16. The Morgan fingerprint density at radius 3 is 2.88 bits per heavy atom. The number of aliphatic hydroxyl groups excluding tert-OH is 1. The predicted octanol–water partition coefficient (Wildman–Crippen LogP) is 2.00. The lowest BCUT2D eigenvalue weighted by Crippen LogP contribution is -2.23. The molecular weight excluding hydrogens is 340 g/mol. The number of benzene rings is 2. The molecule has 134 valence electrons. The highest BCUT2D eigenvalue weighted by Crippen LogP contribution is 2.50. The number of aromatic hydroxyl groups is 1. The molecule has 0 unspecified atom stereocenters. The zero-order valence-electron chi connectivity index (χ0n) is 13.7. The summed E-state index contributed by atoms with van der Waals surface area (Å²) in [5.74, 6) is 0.637. The molecule has 0 aliphatic carbocycles. The number of nitro benzene ring substituents is 1. The summed E-state index contributed by atoms with van der Waals surface area (Å²) in [6.45, 7) is 1.61. The van der Waals surface area contributed by atoms with Crippen molar-refractivity contribution in [2.24, 2.45) is 0 Å². The fraction of sp³-hybridized carbons (Fsp3) is 0.235. The van der Waals surface area contributed by atoms with Gasteiger partial charge < -0.3 is 20.3 Å². The van der Waals surface area contributed by atoms with E-state index >= 15 is 0 Å². The van der Waals surface area contributed by atoms with Gasteiger partial charge in [0.15, 0.2) is 0 Å². The topological polar surface area (TPSA) is 123 Å². The summed E-state index contributed by atoms with van der Waals surface area (Å²) in [5, 5.41) is 38.3. The zero-order valence-corrected chi connectivity index (χ0v) is 13.7. The first-order chi connectivity index (χ1) is 12.6. The van der Waals surface area contributed by atoms with E-state index in [9.17, 15) is 15.2 Å². The molecule has 4 rings (SSSR count). The molecule has 1 aliphatic heterocycles. The van der Waals surface area contributed by atoms with Crippen LogP contribution in [0.3, 0.4) is 0 Å². The molecule has 9 heteroatoms. The molecule has 0 spiro atoms. The monoisotopic (exact) mass is 356 g/mol. The molecule has 0 saturated heterocycles. The number of phenolic OH excluding ortho intramolecular Hbond substituents is 1. The second-order valence-corrected chi connectivity index (χ2v) is 5.89. The van der Waals surface area contributed by atoms with Gasteiger partial charge >= 0.3 is 5.69 Å². The number of nitrogens with zero attached hydrogens (tertiary/aromatic N) is 3. The summed E-state index contributed by atoms with van der Waals surface area (Å²) in [5.41, 5.74) is 1.71. The minimum Gasteiger partial charge on any atom is -0.508 e. The number of aliphatic hydroxyl groups is 1. The van der Waals surface area contributed by atoms with Crippen LogP contribution in [0.2, 0.25) is 0 Å². The summed E-state index contributed by atoms with van der Waals surface area (Å²) in [7, 11) is 0. The number of nitro groups is 1. The van der Waals surface area contributed by atoms with Crippen LogP contribution in [0.1, 0.15) is 0 Å². The molecule has 9 nitrogen and oxygen atoms in total. The number of rotatable bonds is 6. The van der Waals surface area contributed by atoms with Crippen molar-refractivity contribution in [3.63, 3.8) is 0 Å². The number of ether oxygens (including phenoxy) is 1. The van der Waals surface area contributed by atoms with Crippen LogP contribution in [0.25, 0.3) is 22.2 Å². The number of nitrogens with one attached hydrogen (secondary N) is 1. The number of phenols is 1. The third kappa shape index (κ3) is 2.54. The maximum atomic E-state index is 11.4. The van der Waals surface area contributed by atoms with Gasteiger partial charge in [0.05, 0.1) is 29.0 Å². The average Bonchev–Trinajstić information content (AvgIpc) is 2.99. The summed E-state index contributed by atoms with van der Waals surface area (Å²) >= 11 is 0. The Balaban J connectivity index is 1.89. The zero-order chi connectivity index (χ0) is 18.3. The van der Waals surface area contributed by atoms with Gasteiger partial charge in [-0.25, -0.2) is 0 Å².